The van der Waals surface area contributed by atoms with Crippen LogP contribution >= 0.6 is 23.2 Å². The first-order chi connectivity index (χ1) is 17.5. The maximum Gasteiger partial charge on any atom is 0.261 e. The van der Waals surface area contributed by atoms with Crippen molar-refractivity contribution in [2.45, 2.75) is 23.5 Å². The minimum Gasteiger partial charge on any atom is -0.326 e. The molecule has 1 aliphatic heterocycles. The molecule has 2 N–H and O–H groups in total. The molecule has 2 aromatic carbocycles. The van der Waals surface area contributed by atoms with Crippen LogP contribution in [0.25, 0.3) is 0 Å². The van der Waals surface area contributed by atoms with E-state index in [1.807, 2.05) is 0 Å². The van der Waals surface area contributed by atoms with E-state index < -0.39 is 26.0 Å². The van der Waals surface area contributed by atoms with E-state index in [9.17, 15) is 21.6 Å². The van der Waals surface area contributed by atoms with Crippen molar-refractivity contribution >= 4 is 60.5 Å². The number of pyridine rings is 1. The van der Waals surface area contributed by atoms with E-state index in [4.69, 9.17) is 23.2 Å². The smallest absolute Gasteiger partial charge is 0.261 e. The van der Waals surface area contributed by atoms with Crippen LogP contribution in [0.3, 0.4) is 0 Å². The van der Waals surface area contributed by atoms with Gasteiger partial charge in [-0.05, 0) is 66.9 Å². The molecular weight excluding hydrogens is 559 g/mol. The summed E-state index contributed by atoms with van der Waals surface area (Å²) in [7, 11) is -7.51. The lowest BCUT2D eigenvalue weighted by Gasteiger charge is -2.31. The summed E-state index contributed by atoms with van der Waals surface area (Å²) in [6.07, 6.45) is 4.00. The van der Waals surface area contributed by atoms with Crippen molar-refractivity contribution in [3.05, 3.63) is 82.6 Å². The molecule has 9 nitrogen and oxygen atoms in total. The number of halogens is 2. The number of nitrogens with one attached hydrogen (secondary N) is 2. The van der Waals surface area contributed by atoms with Crippen molar-refractivity contribution in [2.75, 3.05) is 23.1 Å². The fourth-order valence-corrected chi connectivity index (χ4v) is 6.90. The summed E-state index contributed by atoms with van der Waals surface area (Å²) in [5, 5.41) is 3.37. The summed E-state index contributed by atoms with van der Waals surface area (Å²) in [5.41, 5.74) is 1.24. The number of carbonyl (C=O) groups excluding carboxylic acids is 1. The molecule has 0 unspecified atom stereocenters. The Hall–Kier alpha value is -2.70. The molecule has 1 atom stereocenters. The second kappa shape index (κ2) is 11.4. The van der Waals surface area contributed by atoms with Gasteiger partial charge in [0.2, 0.25) is 15.9 Å². The average Bonchev–Trinajstić information content (AvgIpc) is 2.87. The van der Waals surface area contributed by atoms with E-state index in [1.54, 1.807) is 24.3 Å². The zero-order chi connectivity index (χ0) is 26.6. The number of nitrogens with zero attached hydrogens (tertiary/aromatic N) is 2. The number of hydrogen-bond acceptors (Lipinski definition) is 6. The molecule has 37 heavy (non-hydrogen) atoms. The van der Waals surface area contributed by atoms with Gasteiger partial charge in [0.25, 0.3) is 10.0 Å². The molecule has 13 heteroatoms. The second-order valence-corrected chi connectivity index (χ2v) is 13.0. The van der Waals surface area contributed by atoms with Crippen molar-refractivity contribution < 1.29 is 21.6 Å². The number of anilines is 2. The Morgan fingerprint density at radius 2 is 1.76 bits per heavy atom. The first-order valence-electron chi connectivity index (χ1n) is 11.3. The van der Waals surface area contributed by atoms with Crippen LogP contribution in [0.15, 0.2) is 71.9 Å². The third kappa shape index (κ3) is 6.99. The van der Waals surface area contributed by atoms with Crippen LogP contribution in [0.4, 0.5) is 11.4 Å². The minimum atomic E-state index is -3.83. The first kappa shape index (κ1) is 27.3. The zero-order valence-electron chi connectivity index (χ0n) is 19.5. The maximum absolute atomic E-state index is 13.0. The summed E-state index contributed by atoms with van der Waals surface area (Å²) < 4.78 is 54.9. The Balaban J connectivity index is 1.38. The Bertz CT molecular complexity index is 1490. The Morgan fingerprint density at radius 1 is 1.00 bits per heavy atom. The average molecular weight is 584 g/mol. The van der Waals surface area contributed by atoms with E-state index in [1.165, 1.54) is 47.0 Å². The molecular formula is C24H24Cl2N4O5S2. The third-order valence-electron chi connectivity index (χ3n) is 5.83. The normalized spacial score (nSPS) is 16.8. The quantitative estimate of drug-likeness (QED) is 0.406. The lowest BCUT2D eigenvalue weighted by Crippen LogP contribution is -2.44. The van der Waals surface area contributed by atoms with Crippen LogP contribution in [0.1, 0.15) is 18.4 Å². The van der Waals surface area contributed by atoms with Gasteiger partial charge in [0.1, 0.15) is 0 Å². The zero-order valence-corrected chi connectivity index (χ0v) is 22.6. The fourth-order valence-electron chi connectivity index (χ4n) is 3.94. The molecule has 1 aliphatic rings. The Labute approximate surface area is 225 Å². The van der Waals surface area contributed by atoms with E-state index in [0.29, 0.717) is 41.3 Å². The van der Waals surface area contributed by atoms with Crippen molar-refractivity contribution in [3.8, 4) is 0 Å². The summed E-state index contributed by atoms with van der Waals surface area (Å²) in [6, 6.07) is 13.6. The van der Waals surface area contributed by atoms with Crippen LogP contribution in [0.5, 0.6) is 0 Å². The largest absolute Gasteiger partial charge is 0.326 e. The predicted octanol–water partition coefficient (Wildman–Crippen LogP) is 4.37. The highest BCUT2D eigenvalue weighted by molar-refractivity contribution is 7.92. The number of hydrogen-bond donors (Lipinski definition) is 2. The van der Waals surface area contributed by atoms with Crippen LogP contribution in [-0.4, -0.2) is 45.1 Å². The molecule has 3 aromatic rings. The number of carbonyl (C=O) groups is 1. The standard InChI is InChI=1S/C24H24Cl2N4O5S2/c25-22-10-5-17(13-23(22)26)16-36(32,33)30-12-2-3-18(15-30)24(31)28-19-6-8-21(9-7-19)37(34,35)29-20-4-1-11-27-14-20/h1,4-11,13-14,18,29H,2-3,12,15-16H2,(H,28,31)/t18-/m0/s1. The number of amides is 1. The van der Waals surface area contributed by atoms with Gasteiger partial charge in [-0.3, -0.25) is 14.5 Å². The maximum atomic E-state index is 13.0. The highest BCUT2D eigenvalue weighted by Gasteiger charge is 2.32. The Morgan fingerprint density at radius 3 is 2.43 bits per heavy atom. The van der Waals surface area contributed by atoms with Crippen LogP contribution < -0.4 is 10.0 Å². The number of aromatic nitrogens is 1. The number of sulfonamides is 2. The van der Waals surface area contributed by atoms with Crippen molar-refractivity contribution in [2.24, 2.45) is 5.92 Å². The van der Waals surface area contributed by atoms with Gasteiger partial charge in [-0.15, -0.1) is 0 Å². The van der Waals surface area contributed by atoms with Gasteiger partial charge in [-0.25, -0.2) is 21.1 Å². The topological polar surface area (TPSA) is 126 Å². The molecule has 0 saturated carbocycles. The number of benzene rings is 2. The molecule has 0 radical (unpaired) electrons. The number of piperidine rings is 1. The van der Waals surface area contributed by atoms with Gasteiger partial charge in [-0.1, -0.05) is 29.3 Å². The summed E-state index contributed by atoms with van der Waals surface area (Å²) >= 11 is 11.9. The van der Waals surface area contributed by atoms with E-state index in [2.05, 4.69) is 15.0 Å². The van der Waals surface area contributed by atoms with Crippen LogP contribution in [-0.2, 0) is 30.6 Å². The minimum absolute atomic E-state index is 0.0200. The van der Waals surface area contributed by atoms with Gasteiger partial charge >= 0.3 is 0 Å². The van der Waals surface area contributed by atoms with Crippen molar-refractivity contribution in [1.82, 2.24) is 9.29 Å². The fraction of sp³-hybridized carbons (Fsp3) is 0.250. The SMILES string of the molecule is O=C(Nc1ccc(S(=O)(=O)Nc2cccnc2)cc1)[C@H]1CCCN(S(=O)(=O)Cc2ccc(Cl)c(Cl)c2)C1. The van der Waals surface area contributed by atoms with Crippen LogP contribution in [0, 0.1) is 5.92 Å². The molecule has 4 rings (SSSR count). The lowest BCUT2D eigenvalue weighted by atomic mass is 9.99. The molecule has 2 heterocycles. The van der Waals surface area contributed by atoms with Gasteiger partial charge in [-0.2, -0.15) is 0 Å². The molecule has 1 fully saturated rings. The number of rotatable bonds is 8. The van der Waals surface area contributed by atoms with E-state index >= 15 is 0 Å². The predicted molar refractivity (Wildman–Crippen MR) is 143 cm³/mol. The molecule has 196 valence electrons. The molecule has 1 amide bonds. The van der Waals surface area contributed by atoms with Gasteiger partial charge in [0, 0.05) is 25.0 Å². The van der Waals surface area contributed by atoms with Crippen LogP contribution in [0.2, 0.25) is 10.0 Å². The van der Waals surface area contributed by atoms with Gasteiger partial charge in [0.05, 0.1) is 38.5 Å². The molecule has 1 aromatic heterocycles. The summed E-state index contributed by atoms with van der Waals surface area (Å²) in [4.78, 5) is 16.8. The van der Waals surface area contributed by atoms with Crippen molar-refractivity contribution in [3.63, 3.8) is 0 Å². The van der Waals surface area contributed by atoms with Gasteiger partial charge < -0.3 is 5.32 Å². The highest BCUT2D eigenvalue weighted by Crippen LogP contribution is 2.27. The lowest BCUT2D eigenvalue weighted by molar-refractivity contribution is -0.120. The Kier molecular flexibility index (Phi) is 8.39. The van der Waals surface area contributed by atoms with E-state index in [-0.39, 0.29) is 28.1 Å². The van der Waals surface area contributed by atoms with Crippen molar-refractivity contribution in [1.29, 1.82) is 0 Å². The second-order valence-electron chi connectivity index (χ2n) is 8.56. The molecule has 0 aliphatic carbocycles. The molecule has 0 bridgehead atoms. The van der Waals surface area contributed by atoms with E-state index in [0.717, 1.165) is 0 Å². The first-order valence-corrected chi connectivity index (χ1v) is 15.1. The third-order valence-corrected chi connectivity index (χ3v) is 9.78. The molecule has 0 spiro atoms. The highest BCUT2D eigenvalue weighted by atomic mass is 35.5. The summed E-state index contributed by atoms with van der Waals surface area (Å²) in [5.74, 6) is -1.13. The van der Waals surface area contributed by atoms with Gasteiger partial charge in [0.15, 0.2) is 0 Å². The molecule has 1 saturated heterocycles. The summed E-state index contributed by atoms with van der Waals surface area (Å²) in [6.45, 7) is 0.376. The monoisotopic (exact) mass is 582 g/mol.